The van der Waals surface area contributed by atoms with Crippen LogP contribution in [0.15, 0.2) is 18.3 Å². The molecule has 0 aliphatic heterocycles. The van der Waals surface area contributed by atoms with Crippen molar-refractivity contribution in [1.82, 2.24) is 10.3 Å². The largest absolute Gasteiger partial charge is 0.481 e. The Labute approximate surface area is 123 Å². The molecule has 1 fully saturated rings. The van der Waals surface area contributed by atoms with E-state index in [1.54, 1.807) is 12.1 Å². The van der Waals surface area contributed by atoms with E-state index in [0.29, 0.717) is 24.3 Å². The number of nitrogens with zero attached hydrogens (tertiary/aromatic N) is 1. The molecule has 0 atom stereocenters. The number of aliphatic carboxylic acids is 1. The third-order valence-electron chi connectivity index (χ3n) is 4.06. The van der Waals surface area contributed by atoms with Crippen LogP contribution in [-0.2, 0) is 4.79 Å². The van der Waals surface area contributed by atoms with Crippen LogP contribution in [0.5, 0.6) is 5.88 Å². The number of rotatable bonds is 5. The van der Waals surface area contributed by atoms with Crippen molar-refractivity contribution in [3.8, 4) is 5.88 Å². The summed E-state index contributed by atoms with van der Waals surface area (Å²) in [6.45, 7) is 0.160. The number of carbonyl (C=O) groups is 2. The fourth-order valence-electron chi connectivity index (χ4n) is 2.68. The second-order valence-electron chi connectivity index (χ2n) is 5.42. The molecule has 0 radical (unpaired) electrons. The molecule has 0 aromatic carbocycles. The molecule has 6 heteroatoms. The van der Waals surface area contributed by atoms with Gasteiger partial charge in [0.2, 0.25) is 5.88 Å². The molecular weight excluding hydrogens is 272 g/mol. The first-order valence-electron chi connectivity index (χ1n) is 7.09. The monoisotopic (exact) mass is 292 g/mol. The highest BCUT2D eigenvalue weighted by Gasteiger charge is 2.39. The van der Waals surface area contributed by atoms with E-state index in [2.05, 4.69) is 10.3 Å². The maximum atomic E-state index is 12.1. The predicted molar refractivity (Wildman–Crippen MR) is 76.3 cm³/mol. The summed E-state index contributed by atoms with van der Waals surface area (Å²) in [5, 5.41) is 12.2. The van der Waals surface area contributed by atoms with E-state index in [-0.39, 0.29) is 12.5 Å². The van der Waals surface area contributed by atoms with Gasteiger partial charge in [-0.15, -0.1) is 0 Å². The van der Waals surface area contributed by atoms with Gasteiger partial charge in [0.05, 0.1) is 18.1 Å². The van der Waals surface area contributed by atoms with Gasteiger partial charge < -0.3 is 15.2 Å². The third-order valence-corrected chi connectivity index (χ3v) is 4.06. The zero-order valence-electron chi connectivity index (χ0n) is 12.1. The summed E-state index contributed by atoms with van der Waals surface area (Å²) in [6.07, 6.45) is 5.50. The number of carbonyl (C=O) groups excluding carboxylic acids is 1. The van der Waals surface area contributed by atoms with Gasteiger partial charge in [-0.1, -0.05) is 19.3 Å². The van der Waals surface area contributed by atoms with E-state index >= 15 is 0 Å². The predicted octanol–water partition coefficient (Wildman–Crippen LogP) is 1.86. The van der Waals surface area contributed by atoms with Gasteiger partial charge in [-0.05, 0) is 18.9 Å². The van der Waals surface area contributed by atoms with Crippen molar-refractivity contribution in [2.75, 3.05) is 13.7 Å². The number of hydrogen-bond acceptors (Lipinski definition) is 4. The topological polar surface area (TPSA) is 88.5 Å². The average molecular weight is 292 g/mol. The lowest BCUT2D eigenvalue weighted by Gasteiger charge is -2.33. The molecule has 1 aromatic rings. The summed E-state index contributed by atoms with van der Waals surface area (Å²) in [5.74, 6) is -0.701. The second kappa shape index (κ2) is 6.56. The lowest BCUT2D eigenvalue weighted by Crippen LogP contribution is -2.44. The fraction of sp³-hybridized carbons (Fsp3) is 0.533. The van der Waals surface area contributed by atoms with Crippen molar-refractivity contribution in [2.24, 2.45) is 5.41 Å². The average Bonchev–Trinajstić information content (AvgIpc) is 2.53. The second-order valence-corrected chi connectivity index (χ2v) is 5.42. The smallest absolute Gasteiger partial charge is 0.311 e. The van der Waals surface area contributed by atoms with Gasteiger partial charge in [0.25, 0.3) is 5.91 Å². The number of ether oxygens (including phenoxy) is 1. The Hall–Kier alpha value is -2.11. The van der Waals surface area contributed by atoms with Crippen molar-refractivity contribution in [3.63, 3.8) is 0 Å². The summed E-state index contributed by atoms with van der Waals surface area (Å²) in [7, 11) is 1.50. The van der Waals surface area contributed by atoms with Crippen LogP contribution in [0.3, 0.4) is 0 Å². The number of nitrogens with one attached hydrogen (secondary N) is 1. The SMILES string of the molecule is COc1ccc(C(=O)NCC2(C(=O)O)CCCCC2)cn1. The standard InChI is InChI=1S/C15H20N2O4/c1-21-12-6-5-11(9-16-12)13(18)17-10-15(14(19)20)7-3-2-4-8-15/h5-6,9H,2-4,7-8,10H2,1H3,(H,17,18)(H,19,20). The van der Waals surface area contributed by atoms with Crippen LogP contribution in [-0.4, -0.2) is 35.6 Å². The molecule has 1 amide bonds. The third kappa shape index (κ3) is 3.51. The Morgan fingerprint density at radius 2 is 2.05 bits per heavy atom. The first-order valence-corrected chi connectivity index (χ1v) is 7.09. The molecule has 0 unspecified atom stereocenters. The first-order chi connectivity index (χ1) is 10.1. The number of aromatic nitrogens is 1. The summed E-state index contributed by atoms with van der Waals surface area (Å²) in [4.78, 5) is 27.6. The Balaban J connectivity index is 1.99. The van der Waals surface area contributed by atoms with Crippen molar-refractivity contribution in [3.05, 3.63) is 23.9 Å². The molecule has 0 saturated heterocycles. The molecule has 21 heavy (non-hydrogen) atoms. The molecule has 1 aliphatic carbocycles. The zero-order chi connectivity index (χ0) is 15.3. The Kier molecular flexibility index (Phi) is 4.77. The number of pyridine rings is 1. The molecule has 6 nitrogen and oxygen atoms in total. The van der Waals surface area contributed by atoms with Gasteiger partial charge in [0, 0.05) is 18.8 Å². The van der Waals surface area contributed by atoms with E-state index < -0.39 is 11.4 Å². The number of carboxylic acids is 1. The lowest BCUT2D eigenvalue weighted by molar-refractivity contribution is -0.150. The van der Waals surface area contributed by atoms with E-state index in [1.807, 2.05) is 0 Å². The van der Waals surface area contributed by atoms with E-state index in [4.69, 9.17) is 4.74 Å². The van der Waals surface area contributed by atoms with Gasteiger partial charge in [0.15, 0.2) is 0 Å². The number of carboxylic acid groups (broad SMARTS) is 1. The summed E-state index contributed by atoms with van der Waals surface area (Å²) >= 11 is 0. The first kappa shape index (κ1) is 15.3. The Morgan fingerprint density at radius 3 is 2.57 bits per heavy atom. The molecule has 1 aliphatic rings. The Bertz CT molecular complexity index is 507. The molecular formula is C15H20N2O4. The van der Waals surface area contributed by atoms with Crippen LogP contribution < -0.4 is 10.1 Å². The minimum atomic E-state index is -0.826. The number of methoxy groups -OCH3 is 1. The quantitative estimate of drug-likeness (QED) is 0.864. The Morgan fingerprint density at radius 1 is 1.33 bits per heavy atom. The molecule has 1 heterocycles. The van der Waals surface area contributed by atoms with Crippen LogP contribution in [0.1, 0.15) is 42.5 Å². The highest BCUT2D eigenvalue weighted by molar-refractivity contribution is 5.94. The van der Waals surface area contributed by atoms with Gasteiger partial charge in [0.1, 0.15) is 0 Å². The number of amides is 1. The van der Waals surface area contributed by atoms with Crippen LogP contribution in [0, 0.1) is 5.41 Å². The van der Waals surface area contributed by atoms with Crippen molar-refractivity contribution < 1.29 is 19.4 Å². The highest BCUT2D eigenvalue weighted by atomic mass is 16.5. The minimum Gasteiger partial charge on any atom is -0.481 e. The van der Waals surface area contributed by atoms with Gasteiger partial charge in [-0.25, -0.2) is 4.98 Å². The van der Waals surface area contributed by atoms with E-state index in [9.17, 15) is 14.7 Å². The summed E-state index contributed by atoms with van der Waals surface area (Å²) in [5.41, 5.74) is -0.430. The maximum Gasteiger partial charge on any atom is 0.311 e. The van der Waals surface area contributed by atoms with E-state index in [0.717, 1.165) is 19.3 Å². The van der Waals surface area contributed by atoms with Crippen LogP contribution in [0.4, 0.5) is 0 Å². The van der Waals surface area contributed by atoms with Crippen molar-refractivity contribution in [2.45, 2.75) is 32.1 Å². The van der Waals surface area contributed by atoms with Crippen LogP contribution in [0.2, 0.25) is 0 Å². The summed E-state index contributed by atoms with van der Waals surface area (Å²) < 4.78 is 4.93. The van der Waals surface area contributed by atoms with Gasteiger partial charge >= 0.3 is 5.97 Å². The minimum absolute atomic E-state index is 0.160. The zero-order valence-corrected chi connectivity index (χ0v) is 12.1. The van der Waals surface area contributed by atoms with Gasteiger partial charge in [-0.3, -0.25) is 9.59 Å². The molecule has 114 valence electrons. The molecule has 1 aromatic heterocycles. The molecule has 0 bridgehead atoms. The highest BCUT2D eigenvalue weighted by Crippen LogP contribution is 2.36. The van der Waals surface area contributed by atoms with Crippen LogP contribution in [0.25, 0.3) is 0 Å². The molecule has 0 spiro atoms. The van der Waals surface area contributed by atoms with Crippen molar-refractivity contribution >= 4 is 11.9 Å². The van der Waals surface area contributed by atoms with Gasteiger partial charge in [-0.2, -0.15) is 0 Å². The fourth-order valence-corrected chi connectivity index (χ4v) is 2.68. The normalized spacial score (nSPS) is 17.0. The maximum absolute atomic E-state index is 12.1. The molecule has 1 saturated carbocycles. The molecule has 2 rings (SSSR count). The van der Waals surface area contributed by atoms with Crippen LogP contribution >= 0.6 is 0 Å². The molecule has 2 N–H and O–H groups in total. The van der Waals surface area contributed by atoms with Crippen molar-refractivity contribution in [1.29, 1.82) is 0 Å². The summed E-state index contributed by atoms with van der Waals surface area (Å²) in [6, 6.07) is 3.21. The van der Waals surface area contributed by atoms with E-state index in [1.165, 1.54) is 13.3 Å². The lowest BCUT2D eigenvalue weighted by atomic mass is 9.74. The number of hydrogen-bond donors (Lipinski definition) is 2.